The monoisotopic (exact) mass is 259 g/mol. The number of likely N-dealkylation sites (tertiary alicyclic amines) is 1. The molecule has 0 aromatic heterocycles. The summed E-state index contributed by atoms with van der Waals surface area (Å²) in [6.45, 7) is 4.61. The molecule has 1 heterocycles. The number of rotatable bonds is 3. The van der Waals surface area contributed by atoms with E-state index in [1.54, 1.807) is 5.01 Å². The third-order valence-corrected chi connectivity index (χ3v) is 3.38. The van der Waals surface area contributed by atoms with Crippen molar-refractivity contribution in [2.24, 2.45) is 5.10 Å². The van der Waals surface area contributed by atoms with Crippen molar-refractivity contribution in [3.63, 3.8) is 0 Å². The molecule has 0 aliphatic carbocycles. The summed E-state index contributed by atoms with van der Waals surface area (Å²) in [5, 5.41) is 6.12. The second-order valence-electron chi connectivity index (χ2n) is 4.86. The van der Waals surface area contributed by atoms with E-state index in [4.69, 9.17) is 0 Å². The molecule has 1 aliphatic heterocycles. The van der Waals surface area contributed by atoms with Crippen LogP contribution in [0.5, 0.6) is 0 Å². The quantitative estimate of drug-likeness (QED) is 0.780. The molecule has 1 aromatic carbocycles. The van der Waals surface area contributed by atoms with Crippen LogP contribution >= 0.6 is 0 Å². The van der Waals surface area contributed by atoms with E-state index in [-0.39, 0.29) is 5.91 Å². The Morgan fingerprint density at radius 1 is 1.26 bits per heavy atom. The van der Waals surface area contributed by atoms with Gasteiger partial charge in [0.1, 0.15) is 0 Å². The number of benzene rings is 1. The minimum absolute atomic E-state index is 0.0190. The molecule has 0 saturated carbocycles. The van der Waals surface area contributed by atoms with Gasteiger partial charge in [0.15, 0.2) is 0 Å². The second kappa shape index (κ2) is 6.48. The SMILES string of the molecule is CCN(N=C1CCN(C)CC1)C(=O)c1ccccc1. The van der Waals surface area contributed by atoms with Crippen molar-refractivity contribution in [2.45, 2.75) is 19.8 Å². The van der Waals surface area contributed by atoms with E-state index >= 15 is 0 Å². The first-order valence-corrected chi connectivity index (χ1v) is 6.82. The highest BCUT2D eigenvalue weighted by Gasteiger charge is 2.16. The third-order valence-electron chi connectivity index (χ3n) is 3.38. The van der Waals surface area contributed by atoms with Crippen LogP contribution in [0.1, 0.15) is 30.1 Å². The zero-order valence-corrected chi connectivity index (χ0v) is 11.7. The van der Waals surface area contributed by atoms with Crippen LogP contribution in [0, 0.1) is 0 Å². The topological polar surface area (TPSA) is 35.9 Å². The van der Waals surface area contributed by atoms with Gasteiger partial charge in [-0.05, 0) is 26.1 Å². The van der Waals surface area contributed by atoms with Crippen molar-refractivity contribution in [1.29, 1.82) is 0 Å². The molecule has 0 atom stereocenters. The largest absolute Gasteiger partial charge is 0.306 e. The molecule has 0 unspecified atom stereocenters. The van der Waals surface area contributed by atoms with Crippen LogP contribution in [0.15, 0.2) is 35.4 Å². The maximum absolute atomic E-state index is 12.3. The van der Waals surface area contributed by atoms with Crippen LogP contribution in [0.25, 0.3) is 0 Å². The fraction of sp³-hybridized carbons (Fsp3) is 0.467. The predicted molar refractivity (Wildman–Crippen MR) is 77.3 cm³/mol. The maximum atomic E-state index is 12.3. The first kappa shape index (κ1) is 13.7. The van der Waals surface area contributed by atoms with Crippen LogP contribution in [-0.2, 0) is 0 Å². The Morgan fingerprint density at radius 2 is 1.89 bits per heavy atom. The number of hydrogen-bond acceptors (Lipinski definition) is 3. The van der Waals surface area contributed by atoms with Gasteiger partial charge < -0.3 is 4.90 Å². The smallest absolute Gasteiger partial charge is 0.273 e. The van der Waals surface area contributed by atoms with Gasteiger partial charge in [0, 0.05) is 43.8 Å². The van der Waals surface area contributed by atoms with Gasteiger partial charge in [-0.3, -0.25) is 4.79 Å². The van der Waals surface area contributed by atoms with Gasteiger partial charge in [-0.1, -0.05) is 18.2 Å². The normalized spacial score (nSPS) is 16.2. The highest BCUT2D eigenvalue weighted by molar-refractivity contribution is 5.95. The van der Waals surface area contributed by atoms with Gasteiger partial charge in [0.25, 0.3) is 5.91 Å². The zero-order valence-electron chi connectivity index (χ0n) is 11.7. The van der Waals surface area contributed by atoms with Crippen LogP contribution in [0.3, 0.4) is 0 Å². The molecule has 4 nitrogen and oxygen atoms in total. The highest BCUT2D eigenvalue weighted by atomic mass is 16.2. The summed E-state index contributed by atoms with van der Waals surface area (Å²) in [6.07, 6.45) is 1.91. The summed E-state index contributed by atoms with van der Waals surface area (Å²) in [7, 11) is 2.11. The van der Waals surface area contributed by atoms with Gasteiger partial charge in [-0.2, -0.15) is 5.10 Å². The lowest BCUT2D eigenvalue weighted by molar-refractivity contribution is 0.0767. The standard InChI is InChI=1S/C15H21N3O/c1-3-18(15(19)13-7-5-4-6-8-13)16-14-9-11-17(2)12-10-14/h4-8H,3,9-12H2,1-2H3. The number of nitrogens with zero attached hydrogens (tertiary/aromatic N) is 3. The van der Waals surface area contributed by atoms with Gasteiger partial charge >= 0.3 is 0 Å². The average molecular weight is 259 g/mol. The lowest BCUT2D eigenvalue weighted by Gasteiger charge is -2.25. The number of hydrogen-bond donors (Lipinski definition) is 0. The molecule has 0 bridgehead atoms. The van der Waals surface area contributed by atoms with E-state index in [1.165, 1.54) is 0 Å². The van der Waals surface area contributed by atoms with E-state index < -0.39 is 0 Å². The lowest BCUT2D eigenvalue weighted by atomic mass is 10.1. The summed E-state index contributed by atoms with van der Waals surface area (Å²) in [6, 6.07) is 9.34. The van der Waals surface area contributed by atoms with Crippen LogP contribution in [0.2, 0.25) is 0 Å². The first-order chi connectivity index (χ1) is 9.20. The Hall–Kier alpha value is -1.68. The molecule has 4 heteroatoms. The van der Waals surface area contributed by atoms with Crippen LogP contribution < -0.4 is 0 Å². The van der Waals surface area contributed by atoms with Crippen molar-refractivity contribution in [2.75, 3.05) is 26.7 Å². The maximum Gasteiger partial charge on any atom is 0.273 e. The second-order valence-corrected chi connectivity index (χ2v) is 4.86. The van der Waals surface area contributed by atoms with E-state index in [0.29, 0.717) is 12.1 Å². The van der Waals surface area contributed by atoms with Crippen LogP contribution in [0.4, 0.5) is 0 Å². The van der Waals surface area contributed by atoms with Crippen molar-refractivity contribution in [1.82, 2.24) is 9.91 Å². The Kier molecular flexibility index (Phi) is 4.68. The summed E-state index contributed by atoms with van der Waals surface area (Å²) in [5.41, 5.74) is 1.82. The van der Waals surface area contributed by atoms with Gasteiger partial charge in [0.2, 0.25) is 0 Å². The molecule has 0 spiro atoms. The van der Waals surface area contributed by atoms with Gasteiger partial charge in [-0.25, -0.2) is 5.01 Å². The summed E-state index contributed by atoms with van der Waals surface area (Å²) in [5.74, 6) is -0.0190. The number of carbonyl (C=O) groups is 1. The number of amides is 1. The van der Waals surface area contributed by atoms with Crippen molar-refractivity contribution < 1.29 is 4.79 Å². The molecule has 19 heavy (non-hydrogen) atoms. The molecular weight excluding hydrogens is 238 g/mol. The number of carbonyl (C=O) groups excluding carboxylic acids is 1. The molecule has 1 saturated heterocycles. The molecule has 1 aliphatic rings. The fourth-order valence-electron chi connectivity index (χ4n) is 2.14. The van der Waals surface area contributed by atoms with Crippen molar-refractivity contribution >= 4 is 11.6 Å². The van der Waals surface area contributed by atoms with E-state index in [2.05, 4.69) is 17.0 Å². The van der Waals surface area contributed by atoms with E-state index in [0.717, 1.165) is 31.6 Å². The minimum atomic E-state index is -0.0190. The summed E-state index contributed by atoms with van der Waals surface area (Å²) in [4.78, 5) is 14.6. The molecule has 1 amide bonds. The fourth-order valence-corrected chi connectivity index (χ4v) is 2.14. The molecule has 102 valence electrons. The Balaban J connectivity index is 2.08. The van der Waals surface area contributed by atoms with E-state index in [9.17, 15) is 4.79 Å². The average Bonchev–Trinajstić information content (AvgIpc) is 2.47. The van der Waals surface area contributed by atoms with Crippen LogP contribution in [-0.4, -0.2) is 48.2 Å². The number of piperidine rings is 1. The predicted octanol–water partition coefficient (Wildman–Crippen LogP) is 2.23. The molecular formula is C15H21N3O. The van der Waals surface area contributed by atoms with Crippen molar-refractivity contribution in [3.05, 3.63) is 35.9 Å². The summed E-state index contributed by atoms with van der Waals surface area (Å²) >= 11 is 0. The third kappa shape index (κ3) is 3.64. The minimum Gasteiger partial charge on any atom is -0.306 e. The van der Waals surface area contributed by atoms with Gasteiger partial charge in [-0.15, -0.1) is 0 Å². The van der Waals surface area contributed by atoms with Gasteiger partial charge in [0.05, 0.1) is 0 Å². The lowest BCUT2D eigenvalue weighted by Crippen LogP contribution is -2.33. The highest BCUT2D eigenvalue weighted by Crippen LogP contribution is 2.10. The Bertz CT molecular complexity index is 446. The Labute approximate surface area is 114 Å². The van der Waals surface area contributed by atoms with Crippen molar-refractivity contribution in [3.8, 4) is 0 Å². The zero-order chi connectivity index (χ0) is 13.7. The number of hydrazone groups is 1. The molecule has 2 rings (SSSR count). The molecule has 0 radical (unpaired) electrons. The molecule has 1 fully saturated rings. The molecule has 0 N–H and O–H groups in total. The Morgan fingerprint density at radius 3 is 2.47 bits per heavy atom. The molecule has 1 aromatic rings. The first-order valence-electron chi connectivity index (χ1n) is 6.82. The van der Waals surface area contributed by atoms with E-state index in [1.807, 2.05) is 37.3 Å². The summed E-state index contributed by atoms with van der Waals surface area (Å²) < 4.78 is 0.